The van der Waals surface area contributed by atoms with Crippen LogP contribution in [-0.2, 0) is 15.5 Å². The van der Waals surface area contributed by atoms with Gasteiger partial charge in [0.25, 0.3) is 0 Å². The van der Waals surface area contributed by atoms with Gasteiger partial charge in [-0.05, 0) is 32.8 Å². The number of nitrogens with zero attached hydrogens (tertiary/aromatic N) is 2. The average molecular weight is 402 g/mol. The van der Waals surface area contributed by atoms with Crippen LogP contribution < -0.4 is 10.7 Å². The standard InChI is InChI=1S/C18H23F3N3O2S/c1-5-16(26-11-18(19,20)21)12(2)15(24(3)4)10-27(25)17-22-13-8-6-7-9-14(13)23-17/h5,8-9H,3,6-7,10-11H2,1-2,4H3,(H,22,23)/q+1. The number of imidazole rings is 1. The molecule has 0 saturated heterocycles. The molecule has 0 aromatic carbocycles. The van der Waals surface area contributed by atoms with Crippen LogP contribution in [0.3, 0.4) is 0 Å². The molecule has 1 heterocycles. The first-order valence-electron chi connectivity index (χ1n) is 8.37. The normalized spacial score (nSPS) is 16.6. The number of hydrogen-bond acceptors (Lipinski definition) is 3. The minimum atomic E-state index is -4.44. The van der Waals surface area contributed by atoms with Crippen molar-refractivity contribution in [2.24, 2.45) is 0 Å². The van der Waals surface area contributed by atoms with E-state index in [1.165, 1.54) is 10.7 Å². The minimum Gasteiger partial charge on any atom is -0.484 e. The highest BCUT2D eigenvalue weighted by Crippen LogP contribution is 2.22. The SMILES string of the molecule is C=[N+](C)C(CS(=O)c1nc2c([nH]1)=CCCC=2)=C(C)C(=CC)OCC(F)(F)F. The van der Waals surface area contributed by atoms with Crippen molar-refractivity contribution in [3.8, 4) is 0 Å². The maximum Gasteiger partial charge on any atom is 0.422 e. The van der Waals surface area contributed by atoms with E-state index in [0.717, 1.165) is 23.5 Å². The summed E-state index contributed by atoms with van der Waals surface area (Å²) in [6.45, 7) is 5.60. The van der Waals surface area contributed by atoms with Gasteiger partial charge in [0.2, 0.25) is 0 Å². The third-order valence-corrected chi connectivity index (χ3v) is 5.15. The Labute approximate surface area is 158 Å². The number of hydrogen-bond donors (Lipinski definition) is 1. The molecule has 0 radical (unpaired) electrons. The number of ether oxygens (including phenoxy) is 1. The van der Waals surface area contributed by atoms with Crippen molar-refractivity contribution in [1.29, 1.82) is 0 Å². The average Bonchev–Trinajstić information content (AvgIpc) is 3.02. The zero-order valence-electron chi connectivity index (χ0n) is 15.5. The largest absolute Gasteiger partial charge is 0.484 e. The molecular weight excluding hydrogens is 379 g/mol. The van der Waals surface area contributed by atoms with Gasteiger partial charge < -0.3 is 9.72 Å². The molecular formula is C18H23F3N3O2S+. The first-order chi connectivity index (χ1) is 12.6. The molecule has 0 spiro atoms. The van der Waals surface area contributed by atoms with Crippen molar-refractivity contribution in [3.05, 3.63) is 33.8 Å². The Hall–Kier alpha value is -2.16. The molecule has 1 aliphatic rings. The molecule has 2 rings (SSSR count). The van der Waals surface area contributed by atoms with Crippen molar-refractivity contribution >= 4 is 29.7 Å². The second-order valence-electron chi connectivity index (χ2n) is 6.14. The number of allylic oxidation sites excluding steroid dienone is 2. The highest BCUT2D eigenvalue weighted by atomic mass is 32.2. The van der Waals surface area contributed by atoms with Gasteiger partial charge >= 0.3 is 6.18 Å². The summed E-state index contributed by atoms with van der Waals surface area (Å²) in [4.78, 5) is 7.41. The van der Waals surface area contributed by atoms with Gasteiger partial charge in [0.05, 0.1) is 27.1 Å². The third kappa shape index (κ3) is 5.66. The first kappa shape index (κ1) is 21.1. The van der Waals surface area contributed by atoms with Gasteiger partial charge in [-0.15, -0.1) is 0 Å². The van der Waals surface area contributed by atoms with Gasteiger partial charge in [-0.3, -0.25) is 4.21 Å². The van der Waals surface area contributed by atoms with E-state index in [4.69, 9.17) is 4.74 Å². The molecule has 1 aliphatic carbocycles. The Morgan fingerprint density at radius 3 is 2.67 bits per heavy atom. The van der Waals surface area contributed by atoms with Gasteiger partial charge in [-0.1, -0.05) is 12.2 Å². The Bertz CT molecular complexity index is 893. The van der Waals surface area contributed by atoms with Gasteiger partial charge in [-0.2, -0.15) is 13.2 Å². The number of H-pyrrole nitrogens is 1. The third-order valence-electron chi connectivity index (χ3n) is 3.99. The Balaban J connectivity index is 2.28. The van der Waals surface area contributed by atoms with Gasteiger partial charge in [0, 0.05) is 0 Å². The number of halogens is 3. The van der Waals surface area contributed by atoms with Crippen molar-refractivity contribution in [2.75, 3.05) is 19.4 Å². The zero-order valence-corrected chi connectivity index (χ0v) is 16.3. The summed E-state index contributed by atoms with van der Waals surface area (Å²) in [5, 5.41) is 1.95. The van der Waals surface area contributed by atoms with Gasteiger partial charge in [-0.25, -0.2) is 9.56 Å². The monoisotopic (exact) mass is 402 g/mol. The summed E-state index contributed by atoms with van der Waals surface area (Å²) in [6.07, 6.45) is 2.77. The Morgan fingerprint density at radius 2 is 2.11 bits per heavy atom. The number of fused-ring (bicyclic) bond motifs is 1. The molecule has 1 N–H and O–H groups in total. The number of nitrogens with one attached hydrogen (secondary N) is 1. The molecule has 9 heteroatoms. The summed E-state index contributed by atoms with van der Waals surface area (Å²) in [7, 11) is 0.130. The quantitative estimate of drug-likeness (QED) is 0.328. The van der Waals surface area contributed by atoms with E-state index in [1.807, 2.05) is 12.2 Å². The predicted octanol–water partition coefficient (Wildman–Crippen LogP) is 1.97. The van der Waals surface area contributed by atoms with E-state index in [0.29, 0.717) is 16.4 Å². The van der Waals surface area contributed by atoms with E-state index in [-0.39, 0.29) is 11.5 Å². The van der Waals surface area contributed by atoms with Gasteiger partial charge in [0.15, 0.2) is 17.5 Å². The minimum absolute atomic E-state index is 0.0466. The van der Waals surface area contributed by atoms with Crippen LogP contribution in [0.25, 0.3) is 12.2 Å². The van der Waals surface area contributed by atoms with Crippen molar-refractivity contribution < 1.29 is 26.7 Å². The maximum absolute atomic E-state index is 12.8. The summed E-state index contributed by atoms with van der Waals surface area (Å²) in [6, 6.07) is 0. The second-order valence-corrected chi connectivity index (χ2v) is 7.51. The van der Waals surface area contributed by atoms with E-state index in [9.17, 15) is 17.4 Å². The molecule has 0 fully saturated rings. The lowest BCUT2D eigenvalue weighted by molar-refractivity contribution is -0.433. The zero-order chi connectivity index (χ0) is 20.2. The fourth-order valence-electron chi connectivity index (χ4n) is 2.65. The van der Waals surface area contributed by atoms with Crippen LogP contribution in [-0.4, -0.2) is 51.1 Å². The fourth-order valence-corrected chi connectivity index (χ4v) is 3.90. The fraction of sp³-hybridized carbons (Fsp3) is 0.444. The first-order valence-corrected chi connectivity index (χ1v) is 9.69. The van der Waals surface area contributed by atoms with Crippen molar-refractivity contribution in [3.63, 3.8) is 0 Å². The van der Waals surface area contributed by atoms with Gasteiger partial charge in [0.1, 0.15) is 25.3 Å². The molecule has 1 aromatic heterocycles. The Morgan fingerprint density at radius 1 is 1.44 bits per heavy atom. The maximum atomic E-state index is 12.8. The molecule has 1 unspecified atom stereocenters. The number of alkyl halides is 3. The van der Waals surface area contributed by atoms with E-state index < -0.39 is 23.6 Å². The topological polar surface area (TPSA) is 58.0 Å². The van der Waals surface area contributed by atoms with E-state index >= 15 is 0 Å². The van der Waals surface area contributed by atoms with E-state index in [1.54, 1.807) is 20.9 Å². The van der Waals surface area contributed by atoms with Crippen LogP contribution in [0, 0.1) is 0 Å². The molecule has 1 atom stereocenters. The molecule has 27 heavy (non-hydrogen) atoms. The summed E-state index contributed by atoms with van der Waals surface area (Å²) in [5.41, 5.74) is 0.952. The number of aromatic nitrogens is 2. The van der Waals surface area contributed by atoms with E-state index in [2.05, 4.69) is 16.7 Å². The highest BCUT2D eigenvalue weighted by Gasteiger charge is 2.30. The lowest BCUT2D eigenvalue weighted by Gasteiger charge is -2.14. The van der Waals surface area contributed by atoms with Crippen LogP contribution in [0.1, 0.15) is 26.7 Å². The van der Waals surface area contributed by atoms with Crippen LogP contribution in [0.2, 0.25) is 0 Å². The molecule has 0 bridgehead atoms. The smallest absolute Gasteiger partial charge is 0.422 e. The molecule has 1 aromatic rings. The van der Waals surface area contributed by atoms with Crippen LogP contribution >= 0.6 is 0 Å². The molecule has 0 amide bonds. The lowest BCUT2D eigenvalue weighted by Crippen LogP contribution is -2.26. The van der Waals surface area contributed by atoms with Crippen LogP contribution in [0.4, 0.5) is 13.2 Å². The summed E-state index contributed by atoms with van der Waals surface area (Å²) < 4.78 is 56.5. The molecule has 148 valence electrons. The lowest BCUT2D eigenvalue weighted by atomic mass is 10.2. The Kier molecular flexibility index (Phi) is 6.80. The molecule has 5 nitrogen and oxygen atoms in total. The van der Waals surface area contributed by atoms with Crippen LogP contribution in [0.5, 0.6) is 0 Å². The number of rotatable bonds is 7. The van der Waals surface area contributed by atoms with Crippen molar-refractivity contribution in [2.45, 2.75) is 38.0 Å². The number of aromatic amines is 1. The summed E-state index contributed by atoms with van der Waals surface area (Å²) >= 11 is 0. The van der Waals surface area contributed by atoms with Crippen molar-refractivity contribution in [1.82, 2.24) is 9.97 Å². The van der Waals surface area contributed by atoms with Crippen LogP contribution in [0.15, 0.2) is 28.3 Å². The molecule has 0 saturated carbocycles. The predicted molar refractivity (Wildman–Crippen MR) is 99.0 cm³/mol. The second kappa shape index (κ2) is 8.69. The molecule has 0 aliphatic heterocycles. The highest BCUT2D eigenvalue weighted by molar-refractivity contribution is 7.85. The summed E-state index contributed by atoms with van der Waals surface area (Å²) in [5.74, 6) is 0.125.